The first kappa shape index (κ1) is 9.37. The van der Waals surface area contributed by atoms with E-state index >= 15 is 0 Å². The molecule has 10 heavy (non-hydrogen) atoms. The molecule has 0 saturated heterocycles. The van der Waals surface area contributed by atoms with E-state index in [1.54, 1.807) is 20.0 Å². The van der Waals surface area contributed by atoms with E-state index in [1.807, 2.05) is 6.92 Å². The monoisotopic (exact) mass is 141 g/mol. The number of carbonyl (C=O) groups excluding carboxylic acids is 1. The van der Waals surface area contributed by atoms with Gasteiger partial charge in [-0.1, -0.05) is 13.0 Å². The molecule has 0 amide bonds. The van der Waals surface area contributed by atoms with Crippen LogP contribution in [0.5, 0.6) is 0 Å². The van der Waals surface area contributed by atoms with Crippen LogP contribution in [0.3, 0.4) is 0 Å². The number of Topliss-reactive ketones (excluding diaryl/α,β-unsaturated/α-hetero) is 1. The number of rotatable bonds is 4. The molecule has 58 valence electrons. The van der Waals surface area contributed by atoms with Crippen molar-refractivity contribution in [2.75, 3.05) is 7.05 Å². The molecule has 0 aromatic rings. The van der Waals surface area contributed by atoms with Gasteiger partial charge in [-0.2, -0.15) is 0 Å². The molecule has 0 bridgehead atoms. The van der Waals surface area contributed by atoms with Gasteiger partial charge in [0.15, 0.2) is 0 Å². The molecule has 2 nitrogen and oxygen atoms in total. The normalized spacial score (nSPS) is 15.9. The third-order valence-corrected chi connectivity index (χ3v) is 1.65. The number of carbonyl (C=O) groups is 1. The minimum Gasteiger partial charge on any atom is -0.310 e. The molecule has 0 fully saturated rings. The van der Waals surface area contributed by atoms with Crippen LogP contribution in [0.25, 0.3) is 0 Å². The highest BCUT2D eigenvalue weighted by Gasteiger charge is 2.15. The number of hydrogen-bond acceptors (Lipinski definition) is 2. The summed E-state index contributed by atoms with van der Waals surface area (Å²) in [6, 6.07) is -0.0718. The molecule has 0 heterocycles. The Balaban J connectivity index is 4.05. The van der Waals surface area contributed by atoms with Gasteiger partial charge in [-0.25, -0.2) is 0 Å². The molecule has 0 spiro atoms. The van der Waals surface area contributed by atoms with Gasteiger partial charge in [0.1, 0.15) is 5.78 Å². The van der Waals surface area contributed by atoms with Crippen LogP contribution in [0, 0.1) is 5.92 Å². The number of likely N-dealkylation sites (N-methyl/N-ethyl adjacent to an activating group) is 1. The van der Waals surface area contributed by atoms with Crippen LogP contribution in [0.4, 0.5) is 0 Å². The van der Waals surface area contributed by atoms with Crippen molar-refractivity contribution in [1.29, 1.82) is 0 Å². The maximum absolute atomic E-state index is 10.9. The summed E-state index contributed by atoms with van der Waals surface area (Å²) < 4.78 is 0. The van der Waals surface area contributed by atoms with E-state index in [-0.39, 0.29) is 17.7 Å². The van der Waals surface area contributed by atoms with Crippen molar-refractivity contribution in [2.24, 2.45) is 5.92 Å². The van der Waals surface area contributed by atoms with Gasteiger partial charge in [-0.15, -0.1) is 6.58 Å². The summed E-state index contributed by atoms with van der Waals surface area (Å²) in [6.07, 6.45) is 1.78. The maximum Gasteiger partial charge on any atom is 0.147 e. The van der Waals surface area contributed by atoms with Crippen LogP contribution in [-0.2, 0) is 4.79 Å². The summed E-state index contributed by atoms with van der Waals surface area (Å²) in [7, 11) is 1.78. The molecule has 0 radical (unpaired) electrons. The van der Waals surface area contributed by atoms with Crippen molar-refractivity contribution in [3.05, 3.63) is 12.7 Å². The van der Waals surface area contributed by atoms with Gasteiger partial charge in [0.2, 0.25) is 0 Å². The van der Waals surface area contributed by atoms with Gasteiger partial charge >= 0.3 is 0 Å². The molecule has 0 aromatic heterocycles. The minimum atomic E-state index is -0.0718. The Labute approximate surface area is 62.3 Å². The average Bonchev–Trinajstić information content (AvgIpc) is 1.88. The number of ketones is 1. The molecule has 1 N–H and O–H groups in total. The topological polar surface area (TPSA) is 29.1 Å². The first-order valence-corrected chi connectivity index (χ1v) is 3.43. The third-order valence-electron chi connectivity index (χ3n) is 1.65. The highest BCUT2D eigenvalue weighted by molar-refractivity contribution is 5.81. The van der Waals surface area contributed by atoms with Crippen LogP contribution in [0.2, 0.25) is 0 Å². The molecule has 2 heteroatoms. The van der Waals surface area contributed by atoms with Crippen molar-refractivity contribution < 1.29 is 4.79 Å². The zero-order valence-corrected chi connectivity index (χ0v) is 6.85. The predicted molar refractivity (Wildman–Crippen MR) is 42.9 cm³/mol. The summed E-state index contributed by atoms with van der Waals surface area (Å²) >= 11 is 0. The van der Waals surface area contributed by atoms with Crippen LogP contribution in [0.15, 0.2) is 12.7 Å². The fourth-order valence-electron chi connectivity index (χ4n) is 0.972. The van der Waals surface area contributed by atoms with Gasteiger partial charge in [-0.05, 0) is 19.9 Å². The Bertz CT molecular complexity index is 131. The first-order valence-electron chi connectivity index (χ1n) is 3.43. The zero-order valence-electron chi connectivity index (χ0n) is 6.85. The highest BCUT2D eigenvalue weighted by atomic mass is 16.1. The average molecular weight is 141 g/mol. The molecule has 2 atom stereocenters. The summed E-state index contributed by atoms with van der Waals surface area (Å²) in [6.45, 7) is 7.17. The molecule has 0 aliphatic carbocycles. The molecule has 0 saturated carbocycles. The van der Waals surface area contributed by atoms with Gasteiger partial charge in [0.05, 0.1) is 6.04 Å². The summed E-state index contributed by atoms with van der Waals surface area (Å²) in [5, 5.41) is 2.93. The lowest BCUT2D eigenvalue weighted by Crippen LogP contribution is -2.37. The lowest BCUT2D eigenvalue weighted by atomic mass is 9.99. The predicted octanol–water partition coefficient (Wildman–Crippen LogP) is 0.985. The van der Waals surface area contributed by atoms with Gasteiger partial charge < -0.3 is 5.32 Å². The van der Waals surface area contributed by atoms with Crippen LogP contribution < -0.4 is 5.32 Å². The largest absolute Gasteiger partial charge is 0.310 e. The Hall–Kier alpha value is -0.630. The fraction of sp³-hybridized carbons (Fsp3) is 0.625. The Morgan fingerprint density at radius 2 is 2.20 bits per heavy atom. The van der Waals surface area contributed by atoms with Gasteiger partial charge in [0, 0.05) is 0 Å². The second kappa shape index (κ2) is 4.23. The fourth-order valence-corrected chi connectivity index (χ4v) is 0.972. The Morgan fingerprint density at radius 1 is 1.70 bits per heavy atom. The Kier molecular flexibility index (Phi) is 3.96. The smallest absolute Gasteiger partial charge is 0.147 e. The highest BCUT2D eigenvalue weighted by Crippen LogP contribution is 2.03. The van der Waals surface area contributed by atoms with Crippen molar-refractivity contribution >= 4 is 5.78 Å². The van der Waals surface area contributed by atoms with Crippen LogP contribution in [0.1, 0.15) is 13.8 Å². The van der Waals surface area contributed by atoms with Crippen molar-refractivity contribution in [2.45, 2.75) is 19.9 Å². The molecular formula is C8H15NO. The van der Waals surface area contributed by atoms with Crippen molar-refractivity contribution in [3.63, 3.8) is 0 Å². The van der Waals surface area contributed by atoms with Crippen molar-refractivity contribution in [3.8, 4) is 0 Å². The van der Waals surface area contributed by atoms with E-state index in [0.29, 0.717) is 0 Å². The zero-order chi connectivity index (χ0) is 8.15. The lowest BCUT2D eigenvalue weighted by molar-refractivity contribution is -0.119. The van der Waals surface area contributed by atoms with E-state index in [9.17, 15) is 4.79 Å². The van der Waals surface area contributed by atoms with Crippen molar-refractivity contribution in [1.82, 2.24) is 5.32 Å². The van der Waals surface area contributed by atoms with Crippen LogP contribution >= 0.6 is 0 Å². The molecule has 0 aromatic carbocycles. The third kappa shape index (κ3) is 2.31. The van der Waals surface area contributed by atoms with E-state index in [4.69, 9.17) is 0 Å². The molecular weight excluding hydrogens is 126 g/mol. The molecule has 0 aliphatic rings. The molecule has 0 rings (SSSR count). The maximum atomic E-state index is 10.9. The first-order chi connectivity index (χ1) is 4.63. The summed E-state index contributed by atoms with van der Waals surface area (Å²) in [5.74, 6) is 0.373. The van der Waals surface area contributed by atoms with Gasteiger partial charge in [-0.3, -0.25) is 4.79 Å². The SMILES string of the molecule is C=CC(C)C(NC)C(C)=O. The lowest BCUT2D eigenvalue weighted by Gasteiger charge is -2.16. The van der Waals surface area contributed by atoms with E-state index in [0.717, 1.165) is 0 Å². The second-order valence-electron chi connectivity index (χ2n) is 2.47. The van der Waals surface area contributed by atoms with E-state index in [1.165, 1.54) is 0 Å². The molecule has 0 aliphatic heterocycles. The summed E-state index contributed by atoms with van der Waals surface area (Å²) in [4.78, 5) is 10.9. The minimum absolute atomic E-state index is 0.0718. The molecule has 2 unspecified atom stereocenters. The quantitative estimate of drug-likeness (QED) is 0.591. The van der Waals surface area contributed by atoms with Crippen LogP contribution in [-0.4, -0.2) is 18.9 Å². The number of hydrogen-bond donors (Lipinski definition) is 1. The summed E-state index contributed by atoms with van der Waals surface area (Å²) in [5.41, 5.74) is 0. The van der Waals surface area contributed by atoms with E-state index < -0.39 is 0 Å². The standard InChI is InChI=1S/C8H15NO/c1-5-6(2)8(9-4)7(3)10/h5-6,8-9H,1H2,2-4H3. The van der Waals surface area contributed by atoms with E-state index in [2.05, 4.69) is 11.9 Å². The number of nitrogens with one attached hydrogen (secondary N) is 1. The van der Waals surface area contributed by atoms with Gasteiger partial charge in [0.25, 0.3) is 0 Å². The Morgan fingerprint density at radius 3 is 2.30 bits per heavy atom. The second-order valence-corrected chi connectivity index (χ2v) is 2.47.